The Kier molecular flexibility index (Phi) is 3.06. The van der Waals surface area contributed by atoms with Crippen LogP contribution in [0, 0.1) is 0 Å². The Morgan fingerprint density at radius 1 is 1.28 bits per heavy atom. The first-order chi connectivity index (χ1) is 8.62. The van der Waals surface area contributed by atoms with Gasteiger partial charge in [0.1, 0.15) is 0 Å². The van der Waals surface area contributed by atoms with Crippen LogP contribution in [0.1, 0.15) is 26.7 Å². The van der Waals surface area contributed by atoms with E-state index in [1.807, 2.05) is 37.7 Å². The van der Waals surface area contributed by atoms with Crippen LogP contribution in [0.4, 0.5) is 5.69 Å². The molecule has 0 saturated carbocycles. The molecule has 98 valence electrons. The number of nitrogens with one attached hydrogen (secondary N) is 1. The van der Waals surface area contributed by atoms with Gasteiger partial charge in [0.05, 0.1) is 0 Å². The molecule has 0 spiro atoms. The monoisotopic (exact) mass is 265 g/mol. The number of hydrogen-bond acceptors (Lipinski definition) is 4. The van der Waals surface area contributed by atoms with Crippen LogP contribution in [0.5, 0.6) is 11.5 Å². The van der Waals surface area contributed by atoms with Crippen LogP contribution in [0.3, 0.4) is 0 Å². The average Bonchev–Trinajstić information content (AvgIpc) is 2.63. The Morgan fingerprint density at radius 2 is 2.11 bits per heavy atom. The number of fused-ring (bicyclic) bond motifs is 1. The Labute approximate surface area is 112 Å². The maximum Gasteiger partial charge on any atom is 0.246 e. The van der Waals surface area contributed by atoms with Crippen LogP contribution in [-0.2, 0) is 0 Å². The zero-order valence-electron chi connectivity index (χ0n) is 10.9. The molecule has 0 aliphatic carbocycles. The summed E-state index contributed by atoms with van der Waals surface area (Å²) in [6, 6.07) is 6.69. The van der Waals surface area contributed by atoms with Gasteiger partial charge < -0.3 is 14.8 Å². The summed E-state index contributed by atoms with van der Waals surface area (Å²) < 4.78 is 11.4. The molecular weight excluding hydrogens is 246 g/mol. The van der Waals surface area contributed by atoms with Crippen molar-refractivity contribution in [1.29, 1.82) is 0 Å². The SMILES string of the molecule is CC1(C)Oc2ccc(NC3CCCSC3)cc2O1. The molecule has 18 heavy (non-hydrogen) atoms. The Balaban J connectivity index is 1.71. The van der Waals surface area contributed by atoms with Gasteiger partial charge in [-0.25, -0.2) is 0 Å². The third kappa shape index (κ3) is 2.53. The molecule has 0 radical (unpaired) electrons. The molecule has 0 amide bonds. The van der Waals surface area contributed by atoms with Crippen LogP contribution >= 0.6 is 11.8 Å². The molecule has 1 aromatic carbocycles. The van der Waals surface area contributed by atoms with Gasteiger partial charge in [0.2, 0.25) is 5.79 Å². The fourth-order valence-corrected chi connectivity index (χ4v) is 3.47. The number of hydrogen-bond donors (Lipinski definition) is 1. The maximum absolute atomic E-state index is 5.76. The molecule has 2 heterocycles. The predicted octanol–water partition coefficient (Wildman–Crippen LogP) is 3.50. The zero-order valence-corrected chi connectivity index (χ0v) is 11.7. The van der Waals surface area contributed by atoms with Crippen molar-refractivity contribution >= 4 is 17.4 Å². The van der Waals surface area contributed by atoms with Crippen molar-refractivity contribution in [2.24, 2.45) is 0 Å². The van der Waals surface area contributed by atoms with Gasteiger partial charge in [-0.1, -0.05) is 0 Å². The van der Waals surface area contributed by atoms with E-state index < -0.39 is 5.79 Å². The smallest absolute Gasteiger partial charge is 0.246 e. The van der Waals surface area contributed by atoms with Gasteiger partial charge in [-0.15, -0.1) is 0 Å². The number of thioether (sulfide) groups is 1. The fraction of sp³-hybridized carbons (Fsp3) is 0.571. The second-order valence-corrected chi connectivity index (χ2v) is 6.47. The molecule has 1 saturated heterocycles. The molecule has 1 aromatic rings. The van der Waals surface area contributed by atoms with Gasteiger partial charge in [0, 0.05) is 37.4 Å². The van der Waals surface area contributed by atoms with Crippen molar-refractivity contribution in [3.63, 3.8) is 0 Å². The summed E-state index contributed by atoms with van der Waals surface area (Å²) in [4.78, 5) is 0. The van der Waals surface area contributed by atoms with E-state index >= 15 is 0 Å². The maximum atomic E-state index is 5.76. The third-order valence-corrected chi connectivity index (χ3v) is 4.40. The number of benzene rings is 1. The van der Waals surface area contributed by atoms with E-state index in [0.29, 0.717) is 6.04 Å². The summed E-state index contributed by atoms with van der Waals surface area (Å²) >= 11 is 2.03. The number of anilines is 1. The lowest BCUT2D eigenvalue weighted by Crippen LogP contribution is -2.29. The van der Waals surface area contributed by atoms with Crippen LogP contribution < -0.4 is 14.8 Å². The van der Waals surface area contributed by atoms with E-state index in [-0.39, 0.29) is 0 Å². The quantitative estimate of drug-likeness (QED) is 0.886. The first-order valence-electron chi connectivity index (χ1n) is 6.49. The highest BCUT2D eigenvalue weighted by atomic mass is 32.2. The lowest BCUT2D eigenvalue weighted by Gasteiger charge is -2.23. The second kappa shape index (κ2) is 4.57. The van der Waals surface area contributed by atoms with Gasteiger partial charge in [0.15, 0.2) is 11.5 Å². The Bertz CT molecular complexity index is 441. The minimum atomic E-state index is -0.540. The zero-order chi connectivity index (χ0) is 12.6. The van der Waals surface area contributed by atoms with Crippen LogP contribution in [0.15, 0.2) is 18.2 Å². The minimum Gasteiger partial charge on any atom is -0.449 e. The molecule has 1 fully saturated rings. The molecule has 1 unspecified atom stereocenters. The third-order valence-electron chi connectivity index (χ3n) is 3.19. The summed E-state index contributed by atoms with van der Waals surface area (Å²) in [5.74, 6) is 3.63. The van der Waals surface area contributed by atoms with Crippen molar-refractivity contribution in [3.8, 4) is 11.5 Å². The van der Waals surface area contributed by atoms with Gasteiger partial charge in [-0.2, -0.15) is 11.8 Å². The molecule has 0 bridgehead atoms. The first-order valence-corrected chi connectivity index (χ1v) is 7.64. The highest BCUT2D eigenvalue weighted by Gasteiger charge is 2.31. The summed E-state index contributed by atoms with van der Waals surface area (Å²) in [5.41, 5.74) is 1.13. The molecule has 3 nitrogen and oxygen atoms in total. The summed E-state index contributed by atoms with van der Waals surface area (Å²) in [6.07, 6.45) is 2.56. The average molecular weight is 265 g/mol. The minimum absolute atomic E-state index is 0.540. The van der Waals surface area contributed by atoms with E-state index in [0.717, 1.165) is 17.2 Å². The van der Waals surface area contributed by atoms with E-state index in [1.54, 1.807) is 0 Å². The highest BCUT2D eigenvalue weighted by molar-refractivity contribution is 7.99. The van der Waals surface area contributed by atoms with Crippen molar-refractivity contribution in [1.82, 2.24) is 0 Å². The van der Waals surface area contributed by atoms with Crippen molar-refractivity contribution in [3.05, 3.63) is 18.2 Å². The predicted molar refractivity (Wildman–Crippen MR) is 75.7 cm³/mol. The fourth-order valence-electron chi connectivity index (χ4n) is 2.40. The topological polar surface area (TPSA) is 30.5 Å². The lowest BCUT2D eigenvalue weighted by molar-refractivity contribution is -0.0431. The van der Waals surface area contributed by atoms with Gasteiger partial charge >= 0.3 is 0 Å². The van der Waals surface area contributed by atoms with E-state index in [2.05, 4.69) is 11.4 Å². The van der Waals surface area contributed by atoms with E-state index in [1.165, 1.54) is 24.3 Å². The summed E-state index contributed by atoms with van der Waals surface area (Å²) in [7, 11) is 0. The van der Waals surface area contributed by atoms with Gasteiger partial charge in [0.25, 0.3) is 0 Å². The van der Waals surface area contributed by atoms with E-state index in [9.17, 15) is 0 Å². The molecule has 3 rings (SSSR count). The molecular formula is C14H19NO2S. The Hall–Kier alpha value is -1.03. The normalized spacial score (nSPS) is 24.9. The van der Waals surface area contributed by atoms with Crippen LogP contribution in [0.2, 0.25) is 0 Å². The number of rotatable bonds is 2. The molecule has 2 aliphatic rings. The van der Waals surface area contributed by atoms with Gasteiger partial charge in [-0.3, -0.25) is 0 Å². The van der Waals surface area contributed by atoms with Crippen molar-refractivity contribution in [2.75, 3.05) is 16.8 Å². The summed E-state index contributed by atoms with van der Waals surface area (Å²) in [6.45, 7) is 3.86. The molecule has 4 heteroatoms. The standard InChI is InChI=1S/C14H19NO2S/c1-14(2)16-12-6-5-10(8-13(12)17-14)15-11-4-3-7-18-9-11/h5-6,8,11,15H,3-4,7,9H2,1-2H3. The largest absolute Gasteiger partial charge is 0.449 e. The molecule has 0 aromatic heterocycles. The second-order valence-electron chi connectivity index (χ2n) is 5.32. The Morgan fingerprint density at radius 3 is 2.89 bits per heavy atom. The molecule has 1 atom stereocenters. The van der Waals surface area contributed by atoms with Gasteiger partial charge in [-0.05, 0) is 30.7 Å². The van der Waals surface area contributed by atoms with Crippen LogP contribution in [0.25, 0.3) is 0 Å². The highest BCUT2D eigenvalue weighted by Crippen LogP contribution is 2.40. The van der Waals surface area contributed by atoms with E-state index in [4.69, 9.17) is 9.47 Å². The lowest BCUT2D eigenvalue weighted by atomic mass is 10.1. The van der Waals surface area contributed by atoms with Crippen molar-refractivity contribution < 1.29 is 9.47 Å². The van der Waals surface area contributed by atoms with Crippen molar-refractivity contribution in [2.45, 2.75) is 38.5 Å². The first kappa shape index (κ1) is 12.0. The van der Waals surface area contributed by atoms with Crippen LogP contribution in [-0.4, -0.2) is 23.3 Å². The summed E-state index contributed by atoms with van der Waals surface area (Å²) in [5, 5.41) is 3.58. The molecule has 2 aliphatic heterocycles. The molecule has 1 N–H and O–H groups in total. The number of ether oxygens (including phenoxy) is 2.